The second-order valence-electron chi connectivity index (χ2n) is 7.18. The van der Waals surface area contributed by atoms with Crippen LogP contribution in [-0.4, -0.2) is 27.9 Å². The lowest BCUT2D eigenvalue weighted by Crippen LogP contribution is -2.09. The maximum Gasteiger partial charge on any atom is 0.276 e. The number of anilines is 3. The van der Waals surface area contributed by atoms with Crippen LogP contribution in [0, 0.1) is 15.9 Å². The molecule has 0 radical (unpaired) electrons. The fraction of sp³-hybridized carbons (Fsp3) is 0.0417. The molecule has 0 aliphatic carbocycles. The number of hydrogen-bond donors (Lipinski definition) is 2. The molecule has 0 spiro atoms. The molecule has 11 heteroatoms. The Kier molecular flexibility index (Phi) is 6.83. The number of aromatic nitrogens is 2. The summed E-state index contributed by atoms with van der Waals surface area (Å²) in [4.78, 5) is 31.7. The number of nitrogens with zero attached hydrogens (tertiary/aromatic N) is 3. The van der Waals surface area contributed by atoms with Gasteiger partial charge in [0.1, 0.15) is 23.7 Å². The highest BCUT2D eigenvalue weighted by atomic mass is 35.5. The first-order chi connectivity index (χ1) is 16.9. The van der Waals surface area contributed by atoms with Gasteiger partial charge in [-0.25, -0.2) is 14.4 Å². The van der Waals surface area contributed by atoms with Crippen LogP contribution < -0.4 is 15.4 Å². The molecule has 0 saturated heterocycles. The van der Waals surface area contributed by atoms with Crippen LogP contribution in [0.5, 0.6) is 5.75 Å². The minimum Gasteiger partial charge on any atom is -0.494 e. The van der Waals surface area contributed by atoms with Gasteiger partial charge in [0.15, 0.2) is 0 Å². The zero-order valence-corrected chi connectivity index (χ0v) is 18.9. The molecule has 1 heterocycles. The Morgan fingerprint density at radius 1 is 1.17 bits per heavy atom. The Hall–Kier alpha value is -4.57. The summed E-state index contributed by atoms with van der Waals surface area (Å²) in [5.41, 5.74) is 1.53. The SMILES string of the molecule is COc1cc2ncnc(Nc3ccc(F)c(Cl)c3)c2cc1NC(=O)C=Cc1ccccc1[N+](=O)[O-]. The van der Waals surface area contributed by atoms with Gasteiger partial charge in [0.25, 0.3) is 5.69 Å². The number of methoxy groups -OCH3 is 1. The molecule has 0 fully saturated rings. The second kappa shape index (κ2) is 10.1. The Morgan fingerprint density at radius 2 is 1.97 bits per heavy atom. The van der Waals surface area contributed by atoms with Gasteiger partial charge in [-0.2, -0.15) is 0 Å². The smallest absolute Gasteiger partial charge is 0.276 e. The van der Waals surface area contributed by atoms with Crippen LogP contribution in [0.3, 0.4) is 0 Å². The van der Waals surface area contributed by atoms with Crippen molar-refractivity contribution in [2.75, 3.05) is 17.7 Å². The lowest BCUT2D eigenvalue weighted by Gasteiger charge is -2.13. The van der Waals surface area contributed by atoms with Gasteiger partial charge >= 0.3 is 0 Å². The van der Waals surface area contributed by atoms with E-state index < -0.39 is 16.6 Å². The molecule has 1 amide bonds. The number of hydrogen-bond acceptors (Lipinski definition) is 7. The standard InChI is InChI=1S/C24H17ClFN5O4/c1-35-22-12-19-16(24(28-13-27-19)29-15-7-8-18(26)17(25)10-15)11-20(22)30-23(32)9-6-14-4-2-3-5-21(14)31(33)34/h2-13H,1H3,(H,30,32)(H,27,28,29). The number of rotatable bonds is 7. The van der Waals surface area contributed by atoms with Crippen molar-refractivity contribution in [3.8, 4) is 5.75 Å². The lowest BCUT2D eigenvalue weighted by molar-refractivity contribution is -0.385. The van der Waals surface area contributed by atoms with Gasteiger partial charge in [0.2, 0.25) is 5.91 Å². The van der Waals surface area contributed by atoms with E-state index in [1.54, 1.807) is 24.3 Å². The van der Waals surface area contributed by atoms with E-state index in [1.165, 1.54) is 55.9 Å². The van der Waals surface area contributed by atoms with E-state index in [4.69, 9.17) is 16.3 Å². The summed E-state index contributed by atoms with van der Waals surface area (Å²) in [5.74, 6) is -0.337. The van der Waals surface area contributed by atoms with Crippen LogP contribution in [0.15, 0.2) is 67.0 Å². The summed E-state index contributed by atoms with van der Waals surface area (Å²) in [6.07, 6.45) is 3.89. The van der Waals surface area contributed by atoms with Crippen LogP contribution in [0.1, 0.15) is 5.56 Å². The third-order valence-electron chi connectivity index (χ3n) is 4.94. The molecule has 9 nitrogen and oxygen atoms in total. The molecule has 0 aliphatic rings. The zero-order valence-electron chi connectivity index (χ0n) is 18.2. The van der Waals surface area contributed by atoms with Gasteiger partial charge < -0.3 is 15.4 Å². The Labute approximate surface area is 203 Å². The van der Waals surface area contributed by atoms with Gasteiger partial charge in [-0.1, -0.05) is 23.7 Å². The lowest BCUT2D eigenvalue weighted by atomic mass is 10.1. The first-order valence-corrected chi connectivity index (χ1v) is 10.5. The van der Waals surface area contributed by atoms with E-state index in [9.17, 15) is 19.3 Å². The monoisotopic (exact) mass is 493 g/mol. The summed E-state index contributed by atoms with van der Waals surface area (Å²) in [6, 6.07) is 13.5. The number of halogens is 2. The van der Waals surface area contributed by atoms with E-state index in [2.05, 4.69) is 20.6 Å². The van der Waals surface area contributed by atoms with Gasteiger partial charge in [-0.15, -0.1) is 0 Å². The van der Waals surface area contributed by atoms with Crippen LogP contribution in [0.4, 0.5) is 27.3 Å². The first kappa shape index (κ1) is 23.6. The van der Waals surface area contributed by atoms with Gasteiger partial charge in [0.05, 0.1) is 33.8 Å². The molecule has 4 rings (SSSR count). The normalized spacial score (nSPS) is 10.9. The topological polar surface area (TPSA) is 119 Å². The minimum atomic E-state index is -0.548. The number of nitro benzene ring substituents is 1. The van der Waals surface area contributed by atoms with E-state index in [0.29, 0.717) is 33.8 Å². The third kappa shape index (κ3) is 5.33. The average Bonchev–Trinajstić information content (AvgIpc) is 2.85. The Morgan fingerprint density at radius 3 is 2.71 bits per heavy atom. The second-order valence-corrected chi connectivity index (χ2v) is 7.59. The van der Waals surface area contributed by atoms with Crippen LogP contribution >= 0.6 is 11.6 Å². The molecule has 2 N–H and O–H groups in total. The molecule has 176 valence electrons. The molecule has 0 atom stereocenters. The largest absolute Gasteiger partial charge is 0.494 e. The van der Waals surface area contributed by atoms with E-state index in [-0.39, 0.29) is 16.3 Å². The molecule has 0 bridgehead atoms. The molecule has 1 aromatic heterocycles. The number of fused-ring (bicyclic) bond motifs is 1. The fourth-order valence-electron chi connectivity index (χ4n) is 3.30. The van der Waals surface area contributed by atoms with Crippen molar-refractivity contribution in [2.45, 2.75) is 0 Å². The highest BCUT2D eigenvalue weighted by Gasteiger charge is 2.14. The molecule has 4 aromatic rings. The zero-order chi connectivity index (χ0) is 24.9. The molecule has 35 heavy (non-hydrogen) atoms. The van der Waals surface area contributed by atoms with Crippen molar-refractivity contribution < 1.29 is 18.8 Å². The van der Waals surface area contributed by atoms with E-state index >= 15 is 0 Å². The number of carbonyl (C=O) groups is 1. The molecule has 0 aliphatic heterocycles. The van der Waals surface area contributed by atoms with Crippen molar-refractivity contribution >= 4 is 57.4 Å². The quantitative estimate of drug-likeness (QED) is 0.191. The van der Waals surface area contributed by atoms with E-state index in [0.717, 1.165) is 0 Å². The van der Waals surface area contributed by atoms with Gasteiger partial charge in [-0.05, 0) is 36.4 Å². The van der Waals surface area contributed by atoms with E-state index in [1.807, 2.05) is 0 Å². The van der Waals surface area contributed by atoms with Crippen molar-refractivity contribution in [2.24, 2.45) is 0 Å². The van der Waals surface area contributed by atoms with Crippen molar-refractivity contribution in [3.05, 3.63) is 93.5 Å². The van der Waals surface area contributed by atoms with Crippen LogP contribution in [0.25, 0.3) is 17.0 Å². The predicted octanol–water partition coefficient (Wildman–Crippen LogP) is 5.73. The molecular weight excluding hydrogens is 477 g/mol. The summed E-state index contributed by atoms with van der Waals surface area (Å²) in [6.45, 7) is 0. The fourth-order valence-corrected chi connectivity index (χ4v) is 3.48. The number of carbonyl (C=O) groups excluding carboxylic acids is 1. The summed E-state index contributed by atoms with van der Waals surface area (Å²) >= 11 is 5.87. The summed E-state index contributed by atoms with van der Waals surface area (Å²) in [7, 11) is 1.45. The Bertz CT molecular complexity index is 1480. The maximum absolute atomic E-state index is 13.5. The molecule has 0 unspecified atom stereocenters. The number of amides is 1. The van der Waals surface area contributed by atoms with Crippen LogP contribution in [0.2, 0.25) is 5.02 Å². The summed E-state index contributed by atoms with van der Waals surface area (Å²) in [5, 5.41) is 17.4. The van der Waals surface area contributed by atoms with Gasteiger partial charge in [0, 0.05) is 29.3 Å². The first-order valence-electron chi connectivity index (χ1n) is 10.1. The van der Waals surface area contributed by atoms with Crippen LogP contribution in [-0.2, 0) is 4.79 Å². The third-order valence-corrected chi connectivity index (χ3v) is 5.23. The van der Waals surface area contributed by atoms with Crippen molar-refractivity contribution in [3.63, 3.8) is 0 Å². The maximum atomic E-state index is 13.5. The number of nitro groups is 1. The number of ether oxygens (including phenoxy) is 1. The number of benzene rings is 3. The highest BCUT2D eigenvalue weighted by Crippen LogP contribution is 2.33. The number of nitrogens with one attached hydrogen (secondary N) is 2. The highest BCUT2D eigenvalue weighted by molar-refractivity contribution is 6.31. The molecule has 0 saturated carbocycles. The van der Waals surface area contributed by atoms with Gasteiger partial charge in [-0.3, -0.25) is 14.9 Å². The average molecular weight is 494 g/mol. The Balaban J connectivity index is 1.64. The number of para-hydroxylation sites is 1. The minimum absolute atomic E-state index is 0.0478. The van der Waals surface area contributed by atoms with Crippen molar-refractivity contribution in [1.82, 2.24) is 9.97 Å². The predicted molar refractivity (Wildman–Crippen MR) is 132 cm³/mol. The van der Waals surface area contributed by atoms with Crippen molar-refractivity contribution in [1.29, 1.82) is 0 Å². The molecule has 3 aromatic carbocycles. The molecular formula is C24H17ClFN5O4. The summed E-state index contributed by atoms with van der Waals surface area (Å²) < 4.78 is 18.9.